The Morgan fingerprint density at radius 1 is 1.15 bits per heavy atom. The van der Waals surface area contributed by atoms with E-state index in [4.69, 9.17) is 49.0 Å². The van der Waals surface area contributed by atoms with Gasteiger partial charge in [0, 0.05) is 47.4 Å². The number of benzene rings is 1. The molecule has 1 saturated carbocycles. The van der Waals surface area contributed by atoms with E-state index in [0.29, 0.717) is 41.9 Å². The summed E-state index contributed by atoms with van der Waals surface area (Å²) in [6.07, 6.45) is 6.89. The van der Waals surface area contributed by atoms with Crippen LogP contribution in [-0.4, -0.2) is 73.5 Å². The fourth-order valence-corrected chi connectivity index (χ4v) is 5.39. The average Bonchev–Trinajstić information content (AvgIpc) is 3.06. The van der Waals surface area contributed by atoms with Crippen LogP contribution < -0.4 is 4.74 Å². The molecule has 34 heavy (non-hydrogen) atoms. The Morgan fingerprint density at radius 3 is 2.62 bits per heavy atom. The normalized spacial score (nSPS) is 25.6. The lowest BCUT2D eigenvalue weighted by atomic mass is 9.92. The van der Waals surface area contributed by atoms with Gasteiger partial charge in [0.15, 0.2) is 0 Å². The van der Waals surface area contributed by atoms with Gasteiger partial charge < -0.3 is 19.3 Å². The number of aliphatic hydroxyl groups excluding tert-OH is 1. The van der Waals surface area contributed by atoms with E-state index in [9.17, 15) is 9.90 Å². The molecule has 1 aromatic rings. The van der Waals surface area contributed by atoms with Crippen LogP contribution in [0, 0.1) is 11.8 Å². The molecule has 0 radical (unpaired) electrons. The number of halogens is 3. The summed E-state index contributed by atoms with van der Waals surface area (Å²) in [6, 6.07) is 5.05. The van der Waals surface area contributed by atoms with Gasteiger partial charge in [-0.3, -0.25) is 9.69 Å². The third kappa shape index (κ3) is 9.21. The van der Waals surface area contributed by atoms with Gasteiger partial charge in [-0.25, -0.2) is 0 Å². The lowest BCUT2D eigenvalue weighted by Crippen LogP contribution is -2.38. The number of carbonyl (C=O) groups is 1. The molecule has 2 fully saturated rings. The van der Waals surface area contributed by atoms with E-state index in [1.165, 1.54) is 0 Å². The average molecular weight is 535 g/mol. The third-order valence-corrected chi connectivity index (χ3v) is 7.29. The molecule has 1 saturated heterocycles. The molecule has 1 heterocycles. The molecule has 190 valence electrons. The summed E-state index contributed by atoms with van der Waals surface area (Å²) >= 11 is 18.6. The Bertz CT molecular complexity index is 783. The summed E-state index contributed by atoms with van der Waals surface area (Å²) in [4.78, 5) is 14.2. The number of hydrogen-bond donors (Lipinski definition) is 1. The number of nitrogens with zero attached hydrogens (tertiary/aromatic N) is 1. The number of ether oxygens (including phenoxy) is 3. The second-order valence-corrected chi connectivity index (χ2v) is 10.3. The highest BCUT2D eigenvalue weighted by Gasteiger charge is 2.41. The molecule has 0 unspecified atom stereocenters. The highest BCUT2D eigenvalue weighted by atomic mass is 35.5. The molecule has 0 spiro atoms. The highest BCUT2D eigenvalue weighted by molar-refractivity contribution is 6.34. The maximum atomic E-state index is 11.9. The lowest BCUT2D eigenvalue weighted by molar-refractivity contribution is -0.144. The Morgan fingerprint density at radius 2 is 1.88 bits per heavy atom. The smallest absolute Gasteiger partial charge is 0.305 e. The van der Waals surface area contributed by atoms with Crippen molar-refractivity contribution in [3.63, 3.8) is 0 Å². The predicted octanol–water partition coefficient (Wildman–Crippen LogP) is 4.97. The van der Waals surface area contributed by atoms with Crippen LogP contribution in [0.4, 0.5) is 0 Å². The Labute approximate surface area is 217 Å². The molecule has 1 aliphatic carbocycles. The molecule has 6 nitrogen and oxygen atoms in total. The molecule has 0 bridgehead atoms. The third-order valence-electron chi connectivity index (χ3n) is 6.35. The van der Waals surface area contributed by atoms with Gasteiger partial charge in [-0.2, -0.15) is 0 Å². The second-order valence-electron chi connectivity index (χ2n) is 8.84. The number of allylic oxidation sites excluding steroid dienone is 2. The van der Waals surface area contributed by atoms with Crippen molar-refractivity contribution >= 4 is 40.8 Å². The number of hydrogen-bond acceptors (Lipinski definition) is 6. The molecule has 1 aliphatic heterocycles. The quantitative estimate of drug-likeness (QED) is 0.177. The maximum Gasteiger partial charge on any atom is 0.305 e. The standard InChI is InChI=1S/C25H34Cl3NO5/c26-18-13-19(27)15-20(14-18)34-17-22-21(23(28)16-24(22)30)5-3-1-2-4-6-25(31)33-12-9-29-7-10-32-11-8-29/h1,3,13-15,21-24,30H,2,4-12,16-17H2/t21-,22-,23-,24-/m1/s1. The van der Waals surface area contributed by atoms with Crippen molar-refractivity contribution in [2.24, 2.45) is 11.8 Å². The first-order chi connectivity index (χ1) is 16.4. The Balaban J connectivity index is 1.33. The minimum atomic E-state index is -0.511. The molecule has 1 N–H and O–H groups in total. The Hall–Kier alpha value is -1.02. The predicted molar refractivity (Wildman–Crippen MR) is 135 cm³/mol. The first-order valence-electron chi connectivity index (χ1n) is 11.9. The number of rotatable bonds is 12. The van der Waals surface area contributed by atoms with Gasteiger partial charge in [0.05, 0.1) is 25.9 Å². The first-order valence-corrected chi connectivity index (χ1v) is 13.1. The number of unbranched alkanes of at least 4 members (excludes halogenated alkanes) is 1. The summed E-state index contributed by atoms with van der Waals surface area (Å²) in [6.45, 7) is 4.81. The van der Waals surface area contributed by atoms with E-state index in [0.717, 1.165) is 52.1 Å². The molecule has 1 aromatic carbocycles. The molecular formula is C25H34Cl3NO5. The Kier molecular flexibility index (Phi) is 11.8. The first kappa shape index (κ1) is 27.6. The van der Waals surface area contributed by atoms with Crippen LogP contribution in [-0.2, 0) is 14.3 Å². The van der Waals surface area contributed by atoms with Gasteiger partial charge >= 0.3 is 5.97 Å². The van der Waals surface area contributed by atoms with Crippen LogP contribution in [0.3, 0.4) is 0 Å². The summed E-state index contributed by atoms with van der Waals surface area (Å²) < 4.78 is 16.5. The van der Waals surface area contributed by atoms with E-state index in [1.54, 1.807) is 18.2 Å². The summed E-state index contributed by atoms with van der Waals surface area (Å²) in [7, 11) is 0. The van der Waals surface area contributed by atoms with Crippen molar-refractivity contribution in [3.05, 3.63) is 40.4 Å². The van der Waals surface area contributed by atoms with Gasteiger partial charge in [0.1, 0.15) is 12.4 Å². The van der Waals surface area contributed by atoms with E-state index >= 15 is 0 Å². The largest absolute Gasteiger partial charge is 0.493 e. The highest BCUT2D eigenvalue weighted by Crippen LogP contribution is 2.39. The summed E-state index contributed by atoms with van der Waals surface area (Å²) in [5, 5.41) is 11.4. The van der Waals surface area contributed by atoms with E-state index in [-0.39, 0.29) is 23.2 Å². The van der Waals surface area contributed by atoms with Gasteiger partial charge in [0.2, 0.25) is 0 Å². The van der Waals surface area contributed by atoms with Gasteiger partial charge in [-0.1, -0.05) is 35.4 Å². The summed E-state index contributed by atoms with van der Waals surface area (Å²) in [5.74, 6) is 0.452. The van der Waals surface area contributed by atoms with Crippen LogP contribution in [0.15, 0.2) is 30.4 Å². The fraction of sp³-hybridized carbons (Fsp3) is 0.640. The van der Waals surface area contributed by atoms with Crippen molar-refractivity contribution in [2.45, 2.75) is 43.6 Å². The lowest BCUT2D eigenvalue weighted by Gasteiger charge is -2.26. The van der Waals surface area contributed by atoms with Crippen molar-refractivity contribution in [1.29, 1.82) is 0 Å². The zero-order valence-corrected chi connectivity index (χ0v) is 21.6. The van der Waals surface area contributed by atoms with Crippen LogP contribution in [0.2, 0.25) is 10.0 Å². The zero-order chi connectivity index (χ0) is 24.3. The van der Waals surface area contributed by atoms with Gasteiger partial charge in [0.25, 0.3) is 0 Å². The molecule has 3 rings (SSSR count). The second kappa shape index (κ2) is 14.5. The van der Waals surface area contributed by atoms with E-state index < -0.39 is 6.10 Å². The fourth-order valence-electron chi connectivity index (χ4n) is 4.42. The number of aliphatic hydroxyl groups is 1. The van der Waals surface area contributed by atoms with E-state index in [2.05, 4.69) is 17.1 Å². The van der Waals surface area contributed by atoms with Crippen LogP contribution in [0.5, 0.6) is 5.75 Å². The number of carbonyl (C=O) groups excluding carboxylic acids is 1. The molecular weight excluding hydrogens is 501 g/mol. The minimum absolute atomic E-state index is 0.0775. The van der Waals surface area contributed by atoms with Crippen LogP contribution in [0.25, 0.3) is 0 Å². The number of esters is 1. The van der Waals surface area contributed by atoms with Crippen molar-refractivity contribution < 1.29 is 24.1 Å². The molecule has 9 heteroatoms. The molecule has 0 amide bonds. The van der Waals surface area contributed by atoms with Crippen molar-refractivity contribution in [1.82, 2.24) is 4.90 Å². The minimum Gasteiger partial charge on any atom is -0.493 e. The van der Waals surface area contributed by atoms with Crippen molar-refractivity contribution in [2.75, 3.05) is 46.1 Å². The number of alkyl halides is 1. The van der Waals surface area contributed by atoms with Crippen molar-refractivity contribution in [3.8, 4) is 5.75 Å². The van der Waals surface area contributed by atoms with Crippen LogP contribution in [0.1, 0.15) is 32.1 Å². The maximum absolute atomic E-state index is 11.9. The topological polar surface area (TPSA) is 68.2 Å². The van der Waals surface area contributed by atoms with Crippen LogP contribution >= 0.6 is 34.8 Å². The molecule has 0 aromatic heterocycles. The van der Waals surface area contributed by atoms with Gasteiger partial charge in [-0.05, 0) is 49.8 Å². The monoisotopic (exact) mass is 533 g/mol. The molecule has 2 aliphatic rings. The molecule has 4 atom stereocenters. The zero-order valence-electron chi connectivity index (χ0n) is 19.3. The summed E-state index contributed by atoms with van der Waals surface area (Å²) in [5.41, 5.74) is 0. The van der Waals surface area contributed by atoms with E-state index in [1.807, 2.05) is 0 Å². The number of morpholine rings is 1. The van der Waals surface area contributed by atoms with Gasteiger partial charge in [-0.15, -0.1) is 11.6 Å². The SMILES string of the molecule is O=C(CCCC=CC[C@@H]1[C@@H](COc2cc(Cl)cc(Cl)c2)[C@H](O)C[C@H]1Cl)OCCN1CCOCC1.